The molecule has 0 bridgehead atoms. The van der Waals surface area contributed by atoms with E-state index in [0.717, 1.165) is 32.0 Å². The second-order valence-electron chi connectivity index (χ2n) is 6.62. The molecule has 1 aliphatic rings. The molecule has 148 valence electrons. The summed E-state index contributed by atoms with van der Waals surface area (Å²) in [5.74, 6) is 0.752. The zero-order valence-corrected chi connectivity index (χ0v) is 18.9. The van der Waals surface area contributed by atoms with Gasteiger partial charge in [0.25, 0.3) is 0 Å². The van der Waals surface area contributed by atoms with Gasteiger partial charge in [0.05, 0.1) is 12.6 Å². The molecule has 27 heavy (non-hydrogen) atoms. The number of hydrogen-bond acceptors (Lipinski definition) is 4. The molecule has 0 amide bonds. The highest BCUT2D eigenvalue weighted by Crippen LogP contribution is 2.18. The van der Waals surface area contributed by atoms with E-state index >= 15 is 0 Å². The second kappa shape index (κ2) is 11.6. The summed E-state index contributed by atoms with van der Waals surface area (Å²) in [6.45, 7) is 6.58. The lowest BCUT2D eigenvalue weighted by Gasteiger charge is -2.30. The fourth-order valence-electron chi connectivity index (χ4n) is 3.18. The molecule has 1 aromatic heterocycles. The molecule has 1 atom stereocenters. The normalized spacial score (nSPS) is 15.6. The van der Waals surface area contributed by atoms with E-state index in [-0.39, 0.29) is 24.0 Å². The van der Waals surface area contributed by atoms with Crippen LogP contribution in [-0.2, 0) is 19.5 Å². The Labute approximate surface area is 182 Å². The number of rotatable bonds is 7. The monoisotopic (exact) mass is 500 g/mol. The van der Waals surface area contributed by atoms with E-state index in [1.807, 2.05) is 6.92 Å². The largest absolute Gasteiger partial charge is 0.390 e. The quantitative estimate of drug-likeness (QED) is 0.311. The molecule has 0 aliphatic carbocycles. The SMILES string of the molecule is CCNC(=NCc1ccsc1)NCC(O)CN1CCc2ccccc2C1.I. The lowest BCUT2D eigenvalue weighted by atomic mass is 10.00. The van der Waals surface area contributed by atoms with E-state index in [1.165, 1.54) is 16.7 Å². The van der Waals surface area contributed by atoms with Gasteiger partial charge in [0.15, 0.2) is 5.96 Å². The first kappa shape index (κ1) is 22.1. The Balaban J connectivity index is 0.00000261. The van der Waals surface area contributed by atoms with E-state index in [0.29, 0.717) is 19.6 Å². The van der Waals surface area contributed by atoms with Gasteiger partial charge in [-0.2, -0.15) is 11.3 Å². The molecule has 5 nitrogen and oxygen atoms in total. The first-order valence-electron chi connectivity index (χ1n) is 9.25. The third-order valence-corrected chi connectivity index (χ3v) is 5.26. The Morgan fingerprint density at radius 1 is 1.26 bits per heavy atom. The molecule has 3 N–H and O–H groups in total. The van der Waals surface area contributed by atoms with Crippen molar-refractivity contribution in [3.8, 4) is 0 Å². The number of guanidine groups is 1. The van der Waals surface area contributed by atoms with E-state index in [4.69, 9.17) is 0 Å². The van der Waals surface area contributed by atoms with Crippen molar-refractivity contribution in [2.24, 2.45) is 4.99 Å². The van der Waals surface area contributed by atoms with Gasteiger partial charge >= 0.3 is 0 Å². The summed E-state index contributed by atoms with van der Waals surface area (Å²) in [6.07, 6.45) is 0.631. The van der Waals surface area contributed by atoms with Crippen molar-refractivity contribution in [3.63, 3.8) is 0 Å². The van der Waals surface area contributed by atoms with E-state index in [2.05, 4.69) is 61.6 Å². The molecule has 7 heteroatoms. The Kier molecular flexibility index (Phi) is 9.53. The third kappa shape index (κ3) is 7.06. The number of nitrogens with one attached hydrogen (secondary N) is 2. The van der Waals surface area contributed by atoms with Crippen molar-refractivity contribution >= 4 is 41.3 Å². The summed E-state index contributed by atoms with van der Waals surface area (Å²) in [5, 5.41) is 21.1. The zero-order valence-electron chi connectivity index (χ0n) is 15.7. The van der Waals surface area contributed by atoms with Crippen molar-refractivity contribution in [2.45, 2.75) is 32.5 Å². The topological polar surface area (TPSA) is 59.9 Å². The maximum atomic E-state index is 10.4. The lowest BCUT2D eigenvalue weighted by Crippen LogP contribution is -2.45. The van der Waals surface area contributed by atoms with Gasteiger partial charge in [-0.1, -0.05) is 24.3 Å². The van der Waals surface area contributed by atoms with Crippen LogP contribution in [0.3, 0.4) is 0 Å². The highest BCUT2D eigenvalue weighted by molar-refractivity contribution is 14.0. The molecule has 0 spiro atoms. The predicted octanol–water partition coefficient (Wildman–Crippen LogP) is 2.84. The molecule has 0 saturated heterocycles. The van der Waals surface area contributed by atoms with Crippen LogP contribution in [0.1, 0.15) is 23.6 Å². The summed E-state index contributed by atoms with van der Waals surface area (Å²) in [5.41, 5.74) is 4.02. The number of β-amino-alcohol motifs (C(OH)–C–C–N with tert-alkyl or cyclic N) is 1. The molecule has 0 saturated carbocycles. The van der Waals surface area contributed by atoms with Gasteiger partial charge in [0.2, 0.25) is 0 Å². The summed E-state index contributed by atoms with van der Waals surface area (Å²) >= 11 is 1.68. The van der Waals surface area contributed by atoms with Crippen LogP contribution in [0.5, 0.6) is 0 Å². The predicted molar refractivity (Wildman–Crippen MR) is 124 cm³/mol. The molecule has 0 fully saturated rings. The van der Waals surface area contributed by atoms with Gasteiger partial charge in [-0.15, -0.1) is 24.0 Å². The van der Waals surface area contributed by atoms with Crippen molar-refractivity contribution in [1.29, 1.82) is 0 Å². The van der Waals surface area contributed by atoms with E-state index in [9.17, 15) is 5.11 Å². The van der Waals surface area contributed by atoms with Crippen LogP contribution in [0.15, 0.2) is 46.1 Å². The number of benzene rings is 1. The van der Waals surface area contributed by atoms with Gasteiger partial charge in [-0.3, -0.25) is 4.90 Å². The number of aliphatic hydroxyl groups excluding tert-OH is 1. The summed E-state index contributed by atoms with van der Waals surface area (Å²) in [7, 11) is 0. The average Bonchev–Trinajstić information content (AvgIpc) is 3.17. The molecular weight excluding hydrogens is 471 g/mol. The van der Waals surface area contributed by atoms with Crippen LogP contribution >= 0.6 is 35.3 Å². The standard InChI is InChI=1S/C20H28N4OS.HI/c1-2-21-20(22-11-16-8-10-26-15-16)23-12-19(25)14-24-9-7-17-5-3-4-6-18(17)13-24;/h3-6,8,10,15,19,25H,2,7,9,11-14H2,1H3,(H2,21,22,23);1H. The molecule has 1 aromatic carbocycles. The van der Waals surface area contributed by atoms with Gasteiger partial charge < -0.3 is 15.7 Å². The highest BCUT2D eigenvalue weighted by atomic mass is 127. The number of aliphatic imine (C=N–C) groups is 1. The van der Waals surface area contributed by atoms with Gasteiger partial charge in [0, 0.05) is 32.7 Å². The number of hydrogen-bond donors (Lipinski definition) is 3. The Morgan fingerprint density at radius 2 is 2.07 bits per heavy atom. The van der Waals surface area contributed by atoms with E-state index in [1.54, 1.807) is 11.3 Å². The number of aliphatic hydroxyl groups is 1. The van der Waals surface area contributed by atoms with Crippen LogP contribution < -0.4 is 10.6 Å². The molecule has 1 aliphatic heterocycles. The minimum Gasteiger partial charge on any atom is -0.390 e. The van der Waals surface area contributed by atoms with Crippen LogP contribution in [0.2, 0.25) is 0 Å². The van der Waals surface area contributed by atoms with Gasteiger partial charge in [-0.25, -0.2) is 4.99 Å². The molecule has 2 aromatic rings. The van der Waals surface area contributed by atoms with Crippen LogP contribution in [-0.4, -0.2) is 48.2 Å². The van der Waals surface area contributed by atoms with Crippen LogP contribution in [0.25, 0.3) is 0 Å². The van der Waals surface area contributed by atoms with Crippen molar-refractivity contribution in [3.05, 3.63) is 57.8 Å². The van der Waals surface area contributed by atoms with Gasteiger partial charge in [0.1, 0.15) is 0 Å². The fraction of sp³-hybridized carbons (Fsp3) is 0.450. The minimum absolute atomic E-state index is 0. The zero-order chi connectivity index (χ0) is 18.2. The summed E-state index contributed by atoms with van der Waals surface area (Å²) in [6, 6.07) is 10.7. The number of nitrogens with zero attached hydrogens (tertiary/aromatic N) is 2. The smallest absolute Gasteiger partial charge is 0.191 e. The summed E-state index contributed by atoms with van der Waals surface area (Å²) in [4.78, 5) is 6.90. The molecule has 0 radical (unpaired) electrons. The minimum atomic E-state index is -0.426. The lowest BCUT2D eigenvalue weighted by molar-refractivity contribution is 0.108. The van der Waals surface area contributed by atoms with Crippen molar-refractivity contribution in [1.82, 2.24) is 15.5 Å². The Morgan fingerprint density at radius 3 is 2.81 bits per heavy atom. The van der Waals surface area contributed by atoms with Crippen LogP contribution in [0, 0.1) is 0 Å². The Hall–Kier alpha value is -1.16. The second-order valence-corrected chi connectivity index (χ2v) is 7.40. The van der Waals surface area contributed by atoms with Crippen molar-refractivity contribution < 1.29 is 5.11 Å². The first-order valence-corrected chi connectivity index (χ1v) is 10.2. The Bertz CT molecular complexity index is 708. The number of thiophene rings is 1. The average molecular weight is 500 g/mol. The highest BCUT2D eigenvalue weighted by Gasteiger charge is 2.18. The van der Waals surface area contributed by atoms with Gasteiger partial charge in [-0.05, 0) is 46.9 Å². The third-order valence-electron chi connectivity index (χ3n) is 4.53. The maximum Gasteiger partial charge on any atom is 0.191 e. The molecular formula is C20H29IN4OS. The number of halogens is 1. The molecule has 3 rings (SSSR count). The molecule has 2 heterocycles. The molecule has 1 unspecified atom stereocenters. The fourth-order valence-corrected chi connectivity index (χ4v) is 3.84. The first-order chi connectivity index (χ1) is 12.7. The van der Waals surface area contributed by atoms with Crippen molar-refractivity contribution in [2.75, 3.05) is 26.2 Å². The number of fused-ring (bicyclic) bond motifs is 1. The maximum absolute atomic E-state index is 10.4. The van der Waals surface area contributed by atoms with E-state index < -0.39 is 6.10 Å². The van der Waals surface area contributed by atoms with Crippen LogP contribution in [0.4, 0.5) is 0 Å². The summed E-state index contributed by atoms with van der Waals surface area (Å²) < 4.78 is 0.